The van der Waals surface area contributed by atoms with Crippen LogP contribution in [0.1, 0.15) is 28.0 Å². The highest BCUT2D eigenvalue weighted by Crippen LogP contribution is 2.38. The number of hydrogen-bond acceptors (Lipinski definition) is 7. The molecule has 0 aliphatic heterocycles. The van der Waals surface area contributed by atoms with Gasteiger partial charge in [-0.3, -0.25) is 9.59 Å². The lowest BCUT2D eigenvalue weighted by Crippen LogP contribution is -2.23. The molecule has 0 spiro atoms. The van der Waals surface area contributed by atoms with E-state index in [-0.39, 0.29) is 17.2 Å². The summed E-state index contributed by atoms with van der Waals surface area (Å²) in [6.45, 7) is 1.92. The summed E-state index contributed by atoms with van der Waals surface area (Å²) in [6, 6.07) is 13.0. The number of aryl methyl sites for hydroxylation is 2. The van der Waals surface area contributed by atoms with Crippen LogP contribution < -0.4 is 10.9 Å². The standard InChI is InChI=1S/C24H19N5O2S2/c1-14-9-10-20(26-12-14)29-23(31)16-5-2-3-7-18(16)27-24(29)32-13-21(30)28-22-17(11-25)15-6-4-8-19(15)33-22/h2-3,5,7,9-10,12H,4,6,8,13H2,1H3,(H,28,30). The number of para-hydroxylation sites is 1. The Kier molecular flexibility index (Phi) is 5.70. The molecule has 33 heavy (non-hydrogen) atoms. The smallest absolute Gasteiger partial charge is 0.267 e. The number of pyridine rings is 1. The number of hydrogen-bond donors (Lipinski definition) is 1. The Balaban J connectivity index is 1.45. The maximum atomic E-state index is 13.3. The molecule has 1 aliphatic rings. The van der Waals surface area contributed by atoms with Gasteiger partial charge in [0.2, 0.25) is 5.91 Å². The number of nitrogens with zero attached hydrogens (tertiary/aromatic N) is 4. The van der Waals surface area contributed by atoms with Gasteiger partial charge in [-0.1, -0.05) is 30.0 Å². The molecule has 0 bridgehead atoms. The molecule has 5 rings (SSSR count). The Bertz CT molecular complexity index is 1480. The number of rotatable bonds is 5. The van der Waals surface area contributed by atoms with Crippen LogP contribution in [0, 0.1) is 18.3 Å². The van der Waals surface area contributed by atoms with E-state index in [2.05, 4.69) is 21.4 Å². The molecule has 1 aliphatic carbocycles. The SMILES string of the molecule is Cc1ccc(-n2c(SCC(=O)Nc3sc4c(c3C#N)CCC4)nc3ccccc3c2=O)nc1. The van der Waals surface area contributed by atoms with Crippen molar-refractivity contribution in [1.82, 2.24) is 14.5 Å². The van der Waals surface area contributed by atoms with E-state index < -0.39 is 0 Å². The third-order valence-corrected chi connectivity index (χ3v) is 7.63. The number of benzene rings is 1. The van der Waals surface area contributed by atoms with E-state index in [1.54, 1.807) is 30.5 Å². The molecular formula is C24H19N5O2S2. The molecule has 3 heterocycles. The lowest BCUT2D eigenvalue weighted by molar-refractivity contribution is -0.113. The second-order valence-electron chi connectivity index (χ2n) is 7.76. The van der Waals surface area contributed by atoms with E-state index in [1.165, 1.54) is 32.5 Å². The molecule has 0 radical (unpaired) electrons. The van der Waals surface area contributed by atoms with Crippen LogP contribution in [-0.2, 0) is 17.6 Å². The number of nitriles is 1. The van der Waals surface area contributed by atoms with Gasteiger partial charge in [0.15, 0.2) is 5.16 Å². The molecule has 1 amide bonds. The van der Waals surface area contributed by atoms with Gasteiger partial charge in [0.05, 0.1) is 22.2 Å². The molecule has 3 aromatic heterocycles. The predicted molar refractivity (Wildman–Crippen MR) is 130 cm³/mol. The average molecular weight is 474 g/mol. The van der Waals surface area contributed by atoms with Crippen molar-refractivity contribution in [2.24, 2.45) is 0 Å². The number of carbonyl (C=O) groups excluding carboxylic acids is 1. The van der Waals surface area contributed by atoms with Crippen molar-refractivity contribution in [3.05, 3.63) is 74.5 Å². The van der Waals surface area contributed by atoms with Crippen molar-refractivity contribution >= 4 is 44.9 Å². The number of fused-ring (bicyclic) bond motifs is 2. The van der Waals surface area contributed by atoms with Crippen LogP contribution in [0.2, 0.25) is 0 Å². The van der Waals surface area contributed by atoms with Gasteiger partial charge >= 0.3 is 0 Å². The first-order chi connectivity index (χ1) is 16.0. The summed E-state index contributed by atoms with van der Waals surface area (Å²) < 4.78 is 1.44. The highest BCUT2D eigenvalue weighted by Gasteiger charge is 2.23. The Morgan fingerprint density at radius 2 is 2.12 bits per heavy atom. The lowest BCUT2D eigenvalue weighted by atomic mass is 10.1. The molecule has 0 unspecified atom stereocenters. The minimum absolute atomic E-state index is 0.0457. The Hall–Kier alpha value is -3.48. The molecule has 4 aromatic rings. The van der Waals surface area contributed by atoms with Crippen LogP contribution in [0.3, 0.4) is 0 Å². The Morgan fingerprint density at radius 3 is 2.91 bits per heavy atom. The van der Waals surface area contributed by atoms with Gasteiger partial charge < -0.3 is 5.32 Å². The largest absolute Gasteiger partial charge is 0.316 e. The number of thiophene rings is 1. The molecule has 1 N–H and O–H groups in total. The van der Waals surface area contributed by atoms with Crippen molar-refractivity contribution in [2.45, 2.75) is 31.3 Å². The van der Waals surface area contributed by atoms with Crippen molar-refractivity contribution in [1.29, 1.82) is 5.26 Å². The van der Waals surface area contributed by atoms with E-state index in [0.717, 1.165) is 30.4 Å². The van der Waals surface area contributed by atoms with Gasteiger partial charge in [-0.15, -0.1) is 11.3 Å². The maximum Gasteiger partial charge on any atom is 0.267 e. The first kappa shape index (κ1) is 21.4. The van der Waals surface area contributed by atoms with Crippen LogP contribution in [0.4, 0.5) is 5.00 Å². The summed E-state index contributed by atoms with van der Waals surface area (Å²) in [5, 5.41) is 13.9. The number of thioether (sulfide) groups is 1. The molecule has 0 saturated carbocycles. The van der Waals surface area contributed by atoms with Crippen LogP contribution in [0.25, 0.3) is 16.7 Å². The van der Waals surface area contributed by atoms with Crippen LogP contribution in [0.15, 0.2) is 52.5 Å². The summed E-state index contributed by atoms with van der Waals surface area (Å²) in [6.07, 6.45) is 4.59. The molecule has 9 heteroatoms. The average Bonchev–Trinajstić information content (AvgIpc) is 3.39. The van der Waals surface area contributed by atoms with E-state index in [1.807, 2.05) is 19.1 Å². The molecular weight excluding hydrogens is 454 g/mol. The minimum atomic E-state index is -0.248. The van der Waals surface area contributed by atoms with Crippen LogP contribution in [0.5, 0.6) is 0 Å². The Morgan fingerprint density at radius 1 is 1.27 bits per heavy atom. The second-order valence-corrected chi connectivity index (χ2v) is 9.80. The molecule has 164 valence electrons. The van der Waals surface area contributed by atoms with Gasteiger partial charge in [-0.2, -0.15) is 5.26 Å². The maximum absolute atomic E-state index is 13.3. The highest BCUT2D eigenvalue weighted by atomic mass is 32.2. The lowest BCUT2D eigenvalue weighted by Gasteiger charge is -2.12. The van der Waals surface area contributed by atoms with Crippen molar-refractivity contribution < 1.29 is 4.79 Å². The quantitative estimate of drug-likeness (QED) is 0.344. The van der Waals surface area contributed by atoms with Gasteiger partial charge in [-0.05, 0) is 55.5 Å². The first-order valence-electron chi connectivity index (χ1n) is 10.5. The summed E-state index contributed by atoms with van der Waals surface area (Å²) >= 11 is 2.65. The zero-order chi connectivity index (χ0) is 22.9. The monoisotopic (exact) mass is 473 g/mol. The van der Waals surface area contributed by atoms with Gasteiger partial charge in [-0.25, -0.2) is 14.5 Å². The predicted octanol–water partition coefficient (Wildman–Crippen LogP) is 4.24. The molecule has 1 aromatic carbocycles. The van der Waals surface area contributed by atoms with E-state index in [9.17, 15) is 14.9 Å². The Labute approximate surface area is 198 Å². The van der Waals surface area contributed by atoms with Gasteiger partial charge in [0, 0.05) is 11.1 Å². The van der Waals surface area contributed by atoms with Crippen molar-refractivity contribution in [3.8, 4) is 11.9 Å². The fraction of sp³-hybridized carbons (Fsp3) is 0.208. The number of aromatic nitrogens is 3. The van der Waals surface area contributed by atoms with Crippen LogP contribution >= 0.6 is 23.1 Å². The normalized spacial score (nSPS) is 12.5. The third kappa shape index (κ3) is 4.03. The van der Waals surface area contributed by atoms with Crippen molar-refractivity contribution in [3.63, 3.8) is 0 Å². The number of carbonyl (C=O) groups is 1. The summed E-state index contributed by atoms with van der Waals surface area (Å²) in [4.78, 5) is 36.3. The second kappa shape index (κ2) is 8.81. The zero-order valence-electron chi connectivity index (χ0n) is 17.8. The van der Waals surface area contributed by atoms with Crippen LogP contribution in [-0.4, -0.2) is 26.2 Å². The van der Waals surface area contributed by atoms with E-state index >= 15 is 0 Å². The van der Waals surface area contributed by atoms with Gasteiger partial charge in [0.1, 0.15) is 16.9 Å². The first-order valence-corrected chi connectivity index (χ1v) is 12.3. The highest BCUT2D eigenvalue weighted by molar-refractivity contribution is 7.99. The summed E-state index contributed by atoms with van der Waals surface area (Å²) in [7, 11) is 0. The fourth-order valence-corrected chi connectivity index (χ4v) is 5.96. The minimum Gasteiger partial charge on any atom is -0.316 e. The fourth-order valence-electron chi connectivity index (χ4n) is 3.91. The topological polar surface area (TPSA) is 101 Å². The van der Waals surface area contributed by atoms with Crippen molar-refractivity contribution in [2.75, 3.05) is 11.1 Å². The van der Waals surface area contributed by atoms with Gasteiger partial charge in [0.25, 0.3) is 5.56 Å². The number of nitrogens with one attached hydrogen (secondary N) is 1. The molecule has 0 saturated heterocycles. The number of amides is 1. The van der Waals surface area contributed by atoms with E-state index in [0.29, 0.717) is 32.4 Å². The van der Waals surface area contributed by atoms with E-state index in [4.69, 9.17) is 0 Å². The molecule has 0 atom stereocenters. The molecule has 0 fully saturated rings. The number of anilines is 1. The third-order valence-electron chi connectivity index (χ3n) is 5.49. The summed E-state index contributed by atoms with van der Waals surface area (Å²) in [5.74, 6) is 0.250. The zero-order valence-corrected chi connectivity index (χ0v) is 19.4. The summed E-state index contributed by atoms with van der Waals surface area (Å²) in [5.41, 5.74) is 2.96. The molecule has 7 nitrogen and oxygen atoms in total.